The molecule has 0 radical (unpaired) electrons. The molecule has 10 heteroatoms. The Balaban J connectivity index is 1.97. The van der Waals surface area contributed by atoms with Crippen LogP contribution in [0.25, 0.3) is 0 Å². The zero-order valence-electron chi connectivity index (χ0n) is 11.6. The van der Waals surface area contributed by atoms with Crippen LogP contribution in [0.3, 0.4) is 0 Å². The van der Waals surface area contributed by atoms with Gasteiger partial charge in [0.1, 0.15) is 0 Å². The lowest BCUT2D eigenvalue weighted by molar-refractivity contribution is -0.144. The molecule has 7 nitrogen and oxygen atoms in total. The number of nitrogens with zero attached hydrogens (tertiary/aromatic N) is 5. The van der Waals surface area contributed by atoms with E-state index >= 15 is 0 Å². The summed E-state index contributed by atoms with van der Waals surface area (Å²) in [5.74, 6) is -0.661. The second-order valence-corrected chi connectivity index (χ2v) is 5.09. The van der Waals surface area contributed by atoms with E-state index in [2.05, 4.69) is 15.6 Å². The van der Waals surface area contributed by atoms with Crippen LogP contribution in [-0.2, 0) is 4.79 Å². The van der Waals surface area contributed by atoms with Gasteiger partial charge in [-0.3, -0.25) is 9.69 Å². The van der Waals surface area contributed by atoms with Crippen molar-refractivity contribution in [2.45, 2.75) is 31.1 Å². The summed E-state index contributed by atoms with van der Waals surface area (Å²) in [5.41, 5.74) is 0. The van der Waals surface area contributed by atoms with Gasteiger partial charge in [-0.05, 0) is 0 Å². The quantitative estimate of drug-likeness (QED) is 0.799. The Labute approximate surface area is 124 Å². The maximum Gasteiger partial charge on any atom is 0.389 e. The first-order chi connectivity index (χ1) is 10.4. The molecule has 1 saturated heterocycles. The number of hydrogen-bond donors (Lipinski definition) is 1. The molecular formula is C12H15F3N6O. The third-order valence-corrected chi connectivity index (χ3v) is 3.42. The molecule has 2 rings (SSSR count). The van der Waals surface area contributed by atoms with E-state index in [1.54, 1.807) is 15.8 Å². The molecular weight excluding hydrogens is 301 g/mol. The van der Waals surface area contributed by atoms with E-state index < -0.39 is 31.0 Å². The van der Waals surface area contributed by atoms with Crippen molar-refractivity contribution in [2.24, 2.45) is 0 Å². The number of carbonyl (C=O) groups excluding carboxylic acids is 1. The van der Waals surface area contributed by atoms with Crippen LogP contribution in [0.15, 0.2) is 12.4 Å². The molecule has 2 heterocycles. The molecule has 2 atom stereocenters. The van der Waals surface area contributed by atoms with Crippen molar-refractivity contribution >= 4 is 5.91 Å². The molecule has 1 aliphatic heterocycles. The van der Waals surface area contributed by atoms with Gasteiger partial charge in [0.2, 0.25) is 5.91 Å². The van der Waals surface area contributed by atoms with Gasteiger partial charge in [0.15, 0.2) is 0 Å². The smallest absolute Gasteiger partial charge is 0.350 e. The van der Waals surface area contributed by atoms with Gasteiger partial charge in [0.05, 0.1) is 37.3 Å². The highest BCUT2D eigenvalue weighted by atomic mass is 19.4. The van der Waals surface area contributed by atoms with Crippen LogP contribution in [-0.4, -0.2) is 57.7 Å². The molecule has 0 aromatic carbocycles. The number of carbonyl (C=O) groups is 1. The number of alkyl halides is 3. The van der Waals surface area contributed by atoms with Gasteiger partial charge >= 0.3 is 6.18 Å². The van der Waals surface area contributed by atoms with Crippen molar-refractivity contribution in [2.75, 3.05) is 19.6 Å². The monoisotopic (exact) mass is 316 g/mol. The molecule has 1 N–H and O–H groups in total. The summed E-state index contributed by atoms with van der Waals surface area (Å²) >= 11 is 0. The first-order valence-corrected chi connectivity index (χ1v) is 6.70. The van der Waals surface area contributed by atoms with Crippen LogP contribution in [0, 0.1) is 11.3 Å². The number of rotatable bonds is 5. The lowest BCUT2D eigenvalue weighted by Gasteiger charge is -2.20. The summed E-state index contributed by atoms with van der Waals surface area (Å²) < 4.78 is 38.0. The highest BCUT2D eigenvalue weighted by Crippen LogP contribution is 2.23. The van der Waals surface area contributed by atoms with E-state index in [-0.39, 0.29) is 12.6 Å². The average Bonchev–Trinajstić information content (AvgIpc) is 3.05. The summed E-state index contributed by atoms with van der Waals surface area (Å²) in [6.45, 7) is 1.04. The van der Waals surface area contributed by atoms with Crippen molar-refractivity contribution in [1.82, 2.24) is 25.2 Å². The van der Waals surface area contributed by atoms with E-state index in [0.717, 1.165) is 0 Å². The molecule has 1 amide bonds. The van der Waals surface area contributed by atoms with Crippen molar-refractivity contribution < 1.29 is 18.0 Å². The predicted octanol–water partition coefficient (Wildman–Crippen LogP) is 0.486. The van der Waals surface area contributed by atoms with Crippen molar-refractivity contribution in [3.05, 3.63) is 12.4 Å². The molecule has 0 saturated carbocycles. The van der Waals surface area contributed by atoms with Gasteiger partial charge in [-0.2, -0.15) is 18.4 Å². The Morgan fingerprint density at radius 3 is 2.82 bits per heavy atom. The maximum atomic E-state index is 12.1. The number of nitriles is 1. The average molecular weight is 316 g/mol. The molecule has 1 aliphatic rings. The van der Waals surface area contributed by atoms with Crippen molar-refractivity contribution in [3.63, 3.8) is 0 Å². The lowest BCUT2D eigenvalue weighted by atomic mass is 10.1. The number of aromatic nitrogens is 3. The van der Waals surface area contributed by atoms with Crippen LogP contribution in [0.5, 0.6) is 0 Å². The third-order valence-electron chi connectivity index (χ3n) is 3.42. The molecule has 0 unspecified atom stereocenters. The van der Waals surface area contributed by atoms with E-state index in [9.17, 15) is 18.0 Å². The predicted molar refractivity (Wildman–Crippen MR) is 68.3 cm³/mol. The molecule has 120 valence electrons. The van der Waals surface area contributed by atoms with Gasteiger partial charge < -0.3 is 5.32 Å². The van der Waals surface area contributed by atoms with Crippen LogP contribution < -0.4 is 5.32 Å². The Morgan fingerprint density at radius 1 is 1.45 bits per heavy atom. The highest BCUT2D eigenvalue weighted by Gasteiger charge is 2.36. The Bertz CT molecular complexity index is 538. The number of halogens is 3. The molecule has 0 spiro atoms. The van der Waals surface area contributed by atoms with E-state index in [1.165, 1.54) is 6.20 Å². The summed E-state index contributed by atoms with van der Waals surface area (Å²) in [6, 6.07) is 1.35. The summed E-state index contributed by atoms with van der Waals surface area (Å²) in [7, 11) is 0. The third kappa shape index (κ3) is 4.42. The zero-order valence-corrected chi connectivity index (χ0v) is 11.6. The Morgan fingerprint density at radius 2 is 2.23 bits per heavy atom. The molecule has 1 fully saturated rings. The molecule has 0 aliphatic carbocycles. The highest BCUT2D eigenvalue weighted by molar-refractivity contribution is 5.76. The van der Waals surface area contributed by atoms with E-state index in [0.29, 0.717) is 13.1 Å². The van der Waals surface area contributed by atoms with Gasteiger partial charge in [0.25, 0.3) is 0 Å². The second kappa shape index (κ2) is 6.74. The SMILES string of the molecule is N#CCN1C[C@@H](NC(=O)CCC(F)(F)F)[C@@H](n2ccnn2)C1. The zero-order chi connectivity index (χ0) is 16.2. The normalized spacial score (nSPS) is 22.5. The maximum absolute atomic E-state index is 12.1. The first-order valence-electron chi connectivity index (χ1n) is 6.70. The van der Waals surface area contributed by atoms with Gasteiger partial charge in [-0.15, -0.1) is 5.10 Å². The minimum Gasteiger partial charge on any atom is -0.350 e. The van der Waals surface area contributed by atoms with Crippen LogP contribution >= 0.6 is 0 Å². The topological polar surface area (TPSA) is 86.8 Å². The fourth-order valence-corrected chi connectivity index (χ4v) is 2.43. The molecule has 1 aromatic heterocycles. The summed E-state index contributed by atoms with van der Waals surface area (Å²) in [5, 5.41) is 18.9. The van der Waals surface area contributed by atoms with Gasteiger partial charge in [-0.25, -0.2) is 4.68 Å². The Kier molecular flexibility index (Phi) is 4.97. The second-order valence-electron chi connectivity index (χ2n) is 5.09. The van der Waals surface area contributed by atoms with Gasteiger partial charge in [-0.1, -0.05) is 5.21 Å². The van der Waals surface area contributed by atoms with Crippen LogP contribution in [0.2, 0.25) is 0 Å². The molecule has 22 heavy (non-hydrogen) atoms. The number of likely N-dealkylation sites (tertiary alicyclic amines) is 1. The van der Waals surface area contributed by atoms with Crippen LogP contribution in [0.4, 0.5) is 13.2 Å². The molecule has 1 aromatic rings. The van der Waals surface area contributed by atoms with Crippen molar-refractivity contribution in [3.8, 4) is 6.07 Å². The summed E-state index contributed by atoms with van der Waals surface area (Å²) in [6.07, 6.45) is -3.01. The minimum absolute atomic E-state index is 0.181. The fraction of sp³-hybridized carbons (Fsp3) is 0.667. The standard InChI is InChI=1S/C12H15F3N6O/c13-12(14,15)2-1-11(22)18-9-7-20(5-3-16)8-10(9)21-6-4-17-19-21/h4,6,9-10H,1-2,5,7-8H2,(H,18,22)/t9-,10+/m1/s1. The van der Waals surface area contributed by atoms with Crippen molar-refractivity contribution in [1.29, 1.82) is 5.26 Å². The van der Waals surface area contributed by atoms with Gasteiger partial charge in [0, 0.05) is 25.7 Å². The number of amides is 1. The molecule has 0 bridgehead atoms. The van der Waals surface area contributed by atoms with Crippen LogP contribution in [0.1, 0.15) is 18.9 Å². The number of hydrogen-bond acceptors (Lipinski definition) is 5. The van der Waals surface area contributed by atoms with E-state index in [1.807, 2.05) is 6.07 Å². The lowest BCUT2D eigenvalue weighted by Crippen LogP contribution is -2.41. The van der Waals surface area contributed by atoms with E-state index in [4.69, 9.17) is 5.26 Å². The largest absolute Gasteiger partial charge is 0.389 e. The first kappa shape index (κ1) is 16.2. The number of nitrogens with one attached hydrogen (secondary N) is 1. The minimum atomic E-state index is -4.36. The summed E-state index contributed by atoms with van der Waals surface area (Å²) in [4.78, 5) is 13.5. The Hall–Kier alpha value is -2.15. The fourth-order valence-electron chi connectivity index (χ4n) is 2.43.